The summed E-state index contributed by atoms with van der Waals surface area (Å²) in [6.07, 6.45) is 3.58. The molecule has 2 aliphatic rings. The van der Waals surface area contributed by atoms with Gasteiger partial charge < -0.3 is 10.2 Å². The van der Waals surface area contributed by atoms with Gasteiger partial charge in [0.05, 0.1) is 5.69 Å². The Balaban J connectivity index is 1.65. The third-order valence-electron chi connectivity index (χ3n) is 4.46. The molecular formula is C17H19BrN4. The van der Waals surface area contributed by atoms with Gasteiger partial charge in [0.2, 0.25) is 5.95 Å². The smallest absolute Gasteiger partial charge is 0.224 e. The number of halogens is 1. The Morgan fingerprint density at radius 3 is 2.82 bits per heavy atom. The van der Waals surface area contributed by atoms with Crippen molar-refractivity contribution in [2.45, 2.75) is 31.7 Å². The minimum absolute atomic E-state index is 0.641. The van der Waals surface area contributed by atoms with E-state index in [4.69, 9.17) is 0 Å². The third-order valence-corrected chi connectivity index (χ3v) is 4.95. The van der Waals surface area contributed by atoms with Gasteiger partial charge in [-0.25, -0.2) is 4.98 Å². The van der Waals surface area contributed by atoms with E-state index in [1.54, 1.807) is 0 Å². The molecule has 0 spiro atoms. The molecule has 5 heteroatoms. The molecule has 2 heterocycles. The van der Waals surface area contributed by atoms with Gasteiger partial charge in [-0.05, 0) is 42.5 Å². The normalized spacial score (nSPS) is 17.3. The van der Waals surface area contributed by atoms with Gasteiger partial charge in [0.1, 0.15) is 5.82 Å². The van der Waals surface area contributed by atoms with Crippen molar-refractivity contribution in [2.75, 3.05) is 23.8 Å². The summed E-state index contributed by atoms with van der Waals surface area (Å²) in [5.74, 6) is 2.43. The lowest BCUT2D eigenvalue weighted by Crippen LogP contribution is -2.31. The first-order chi connectivity index (χ1) is 10.7. The fraction of sp³-hybridized carbons (Fsp3) is 0.412. The van der Waals surface area contributed by atoms with E-state index in [-0.39, 0.29) is 0 Å². The lowest BCUT2D eigenvalue weighted by Gasteiger charge is -2.30. The SMILES string of the molecule is CNc1nc(C2CC2)cc(N2CCc3cc(Br)ccc3C2)n1. The molecule has 0 bridgehead atoms. The maximum atomic E-state index is 4.67. The Morgan fingerprint density at radius 2 is 2.05 bits per heavy atom. The number of anilines is 2. The van der Waals surface area contributed by atoms with Gasteiger partial charge in [-0.3, -0.25) is 0 Å². The van der Waals surface area contributed by atoms with Crippen LogP contribution in [0.4, 0.5) is 11.8 Å². The summed E-state index contributed by atoms with van der Waals surface area (Å²) >= 11 is 3.56. The third kappa shape index (κ3) is 2.70. The second kappa shape index (κ2) is 5.54. The van der Waals surface area contributed by atoms with Crippen LogP contribution in [-0.4, -0.2) is 23.6 Å². The highest BCUT2D eigenvalue weighted by Gasteiger charge is 2.27. The fourth-order valence-corrected chi connectivity index (χ4v) is 3.44. The van der Waals surface area contributed by atoms with Crippen molar-refractivity contribution in [3.63, 3.8) is 0 Å². The van der Waals surface area contributed by atoms with E-state index in [0.29, 0.717) is 5.92 Å². The summed E-state index contributed by atoms with van der Waals surface area (Å²) in [5, 5.41) is 3.10. The average molecular weight is 359 g/mol. The van der Waals surface area contributed by atoms with Crippen LogP contribution in [0.3, 0.4) is 0 Å². The minimum atomic E-state index is 0.641. The van der Waals surface area contributed by atoms with Gasteiger partial charge in [0.15, 0.2) is 0 Å². The van der Waals surface area contributed by atoms with Gasteiger partial charge in [-0.15, -0.1) is 0 Å². The summed E-state index contributed by atoms with van der Waals surface area (Å²) < 4.78 is 1.16. The predicted molar refractivity (Wildman–Crippen MR) is 92.4 cm³/mol. The zero-order chi connectivity index (χ0) is 15.1. The maximum Gasteiger partial charge on any atom is 0.224 e. The van der Waals surface area contributed by atoms with Gasteiger partial charge in [-0.2, -0.15) is 4.98 Å². The quantitative estimate of drug-likeness (QED) is 0.907. The van der Waals surface area contributed by atoms with Crippen molar-refractivity contribution in [3.05, 3.63) is 45.6 Å². The summed E-state index contributed by atoms with van der Waals surface area (Å²) in [6, 6.07) is 8.76. The first-order valence-electron chi connectivity index (χ1n) is 7.82. The molecular weight excluding hydrogens is 340 g/mol. The lowest BCUT2D eigenvalue weighted by molar-refractivity contribution is 0.717. The molecule has 1 N–H and O–H groups in total. The highest BCUT2D eigenvalue weighted by atomic mass is 79.9. The van der Waals surface area contributed by atoms with Gasteiger partial charge in [-0.1, -0.05) is 22.0 Å². The Morgan fingerprint density at radius 1 is 1.18 bits per heavy atom. The van der Waals surface area contributed by atoms with Crippen LogP contribution in [-0.2, 0) is 13.0 Å². The maximum absolute atomic E-state index is 4.67. The molecule has 4 nitrogen and oxygen atoms in total. The van der Waals surface area contributed by atoms with Crippen LogP contribution in [0.15, 0.2) is 28.7 Å². The molecule has 2 aromatic rings. The van der Waals surface area contributed by atoms with Crippen LogP contribution >= 0.6 is 15.9 Å². The number of hydrogen-bond acceptors (Lipinski definition) is 4. The monoisotopic (exact) mass is 358 g/mol. The van der Waals surface area contributed by atoms with E-state index in [1.165, 1.54) is 29.7 Å². The van der Waals surface area contributed by atoms with E-state index in [9.17, 15) is 0 Å². The molecule has 0 radical (unpaired) electrons. The van der Waals surface area contributed by atoms with Gasteiger partial charge >= 0.3 is 0 Å². The van der Waals surface area contributed by atoms with Crippen molar-refractivity contribution < 1.29 is 0 Å². The van der Waals surface area contributed by atoms with Crippen LogP contribution in [0.1, 0.15) is 35.6 Å². The van der Waals surface area contributed by atoms with Crippen molar-refractivity contribution in [1.82, 2.24) is 9.97 Å². The van der Waals surface area contributed by atoms with Crippen molar-refractivity contribution >= 4 is 27.7 Å². The molecule has 1 aliphatic carbocycles. The standard InChI is InChI=1S/C17H19BrN4/c1-19-17-20-15(11-2-3-11)9-16(21-17)22-7-6-12-8-14(18)5-4-13(12)10-22/h4-5,8-9,11H,2-3,6-7,10H2,1H3,(H,19,20,21). The molecule has 1 saturated carbocycles. The molecule has 0 saturated heterocycles. The molecule has 22 heavy (non-hydrogen) atoms. The summed E-state index contributed by atoms with van der Waals surface area (Å²) in [7, 11) is 1.89. The molecule has 4 rings (SSSR count). The molecule has 1 aromatic heterocycles. The number of hydrogen-bond donors (Lipinski definition) is 1. The summed E-state index contributed by atoms with van der Waals surface area (Å²) in [4.78, 5) is 11.6. The fourth-order valence-electron chi connectivity index (χ4n) is 3.03. The predicted octanol–water partition coefficient (Wildman–Crippen LogP) is 3.72. The number of rotatable bonds is 3. The number of nitrogens with one attached hydrogen (secondary N) is 1. The second-order valence-electron chi connectivity index (χ2n) is 6.08. The number of benzene rings is 1. The van der Waals surface area contributed by atoms with Crippen LogP contribution in [0, 0.1) is 0 Å². The largest absolute Gasteiger partial charge is 0.357 e. The Kier molecular flexibility index (Phi) is 3.53. The number of nitrogens with zero attached hydrogens (tertiary/aromatic N) is 3. The molecule has 1 aromatic carbocycles. The topological polar surface area (TPSA) is 41.1 Å². The van der Waals surface area contributed by atoms with Crippen molar-refractivity contribution in [3.8, 4) is 0 Å². The average Bonchev–Trinajstić information content (AvgIpc) is 3.39. The van der Waals surface area contributed by atoms with E-state index < -0.39 is 0 Å². The molecule has 0 atom stereocenters. The number of aromatic nitrogens is 2. The van der Waals surface area contributed by atoms with E-state index in [0.717, 1.165) is 35.7 Å². The highest BCUT2D eigenvalue weighted by molar-refractivity contribution is 9.10. The van der Waals surface area contributed by atoms with Crippen LogP contribution < -0.4 is 10.2 Å². The first-order valence-corrected chi connectivity index (χ1v) is 8.61. The van der Waals surface area contributed by atoms with Crippen LogP contribution in [0.2, 0.25) is 0 Å². The zero-order valence-corrected chi connectivity index (χ0v) is 14.2. The van der Waals surface area contributed by atoms with E-state index in [1.807, 2.05) is 7.05 Å². The Bertz CT molecular complexity index is 712. The van der Waals surface area contributed by atoms with Crippen LogP contribution in [0.5, 0.6) is 0 Å². The molecule has 114 valence electrons. The van der Waals surface area contributed by atoms with E-state index in [2.05, 4.69) is 60.4 Å². The second-order valence-corrected chi connectivity index (χ2v) is 7.00. The van der Waals surface area contributed by atoms with Crippen LogP contribution in [0.25, 0.3) is 0 Å². The Labute approximate surface area is 139 Å². The van der Waals surface area contributed by atoms with Crippen molar-refractivity contribution in [2.24, 2.45) is 0 Å². The molecule has 0 unspecified atom stereocenters. The molecule has 1 aliphatic heterocycles. The molecule has 0 amide bonds. The summed E-state index contributed by atoms with van der Waals surface area (Å²) in [5.41, 5.74) is 4.03. The zero-order valence-electron chi connectivity index (χ0n) is 12.6. The van der Waals surface area contributed by atoms with Crippen molar-refractivity contribution in [1.29, 1.82) is 0 Å². The summed E-state index contributed by atoms with van der Waals surface area (Å²) in [6.45, 7) is 1.93. The first kappa shape index (κ1) is 14.0. The lowest BCUT2D eigenvalue weighted by atomic mass is 10.00. The van der Waals surface area contributed by atoms with E-state index >= 15 is 0 Å². The Hall–Kier alpha value is -1.62. The van der Waals surface area contributed by atoms with Gasteiger partial charge in [0, 0.05) is 36.6 Å². The minimum Gasteiger partial charge on any atom is -0.357 e. The number of fused-ring (bicyclic) bond motifs is 1. The van der Waals surface area contributed by atoms with Gasteiger partial charge in [0.25, 0.3) is 0 Å². The highest BCUT2D eigenvalue weighted by Crippen LogP contribution is 2.40. The molecule has 1 fully saturated rings.